The zero-order chi connectivity index (χ0) is 14.7. The Morgan fingerprint density at radius 3 is 1.84 bits per heavy atom. The molecule has 1 fully saturated rings. The van der Waals surface area contributed by atoms with E-state index in [2.05, 4.69) is 32.9 Å². The van der Waals surface area contributed by atoms with Crippen molar-refractivity contribution >= 4 is 7.75 Å². The molecule has 19 heavy (non-hydrogen) atoms. The van der Waals surface area contributed by atoms with Gasteiger partial charge in [0.15, 0.2) is 0 Å². The Balaban J connectivity index is 2.94. The van der Waals surface area contributed by atoms with E-state index in [1.165, 1.54) is 0 Å². The second-order valence-corrected chi connectivity index (χ2v) is 7.82. The first kappa shape index (κ1) is 17.1. The Bertz CT molecular complexity index is 319. The van der Waals surface area contributed by atoms with E-state index >= 15 is 0 Å². The molecule has 1 radical (unpaired) electrons. The molecule has 0 saturated carbocycles. The highest BCUT2D eigenvalue weighted by atomic mass is 31.2. The van der Waals surface area contributed by atoms with Crippen molar-refractivity contribution in [1.29, 1.82) is 0 Å². The van der Waals surface area contributed by atoms with Crippen molar-refractivity contribution < 1.29 is 13.6 Å². The molecule has 0 aromatic carbocycles. The Morgan fingerprint density at radius 1 is 1.05 bits per heavy atom. The van der Waals surface area contributed by atoms with Crippen LogP contribution in [0.3, 0.4) is 0 Å². The molecule has 0 unspecified atom stereocenters. The standard InChI is InChI=1S/C13H28N2O3P/c1-7-17-19(16,18-8-2)14-15-12(3,4)10-9-11-13(15,5)6/h7-11H2,1-6H3. The molecule has 1 saturated heterocycles. The van der Waals surface area contributed by atoms with Crippen molar-refractivity contribution in [3.8, 4) is 0 Å². The molecular weight excluding hydrogens is 263 g/mol. The Kier molecular flexibility index (Phi) is 5.61. The monoisotopic (exact) mass is 291 g/mol. The van der Waals surface area contributed by atoms with Crippen LogP contribution in [-0.4, -0.2) is 29.3 Å². The number of hydrogen-bond donors (Lipinski definition) is 0. The van der Waals surface area contributed by atoms with E-state index in [1.807, 2.05) is 5.01 Å². The molecule has 0 N–H and O–H groups in total. The number of rotatable bonds is 6. The van der Waals surface area contributed by atoms with Crippen LogP contribution < -0.4 is 5.20 Å². The molecule has 0 aliphatic carbocycles. The van der Waals surface area contributed by atoms with Gasteiger partial charge in [0.25, 0.3) is 0 Å². The normalized spacial score (nSPS) is 23.5. The highest BCUT2D eigenvalue weighted by Crippen LogP contribution is 2.50. The van der Waals surface area contributed by atoms with Crippen LogP contribution >= 0.6 is 7.75 Å². The summed E-state index contributed by atoms with van der Waals surface area (Å²) in [5.74, 6) is 0. The molecule has 1 aliphatic rings. The van der Waals surface area contributed by atoms with Gasteiger partial charge in [-0.3, -0.25) is 9.05 Å². The summed E-state index contributed by atoms with van der Waals surface area (Å²) in [5.41, 5.74) is -0.267. The van der Waals surface area contributed by atoms with Crippen molar-refractivity contribution in [3.63, 3.8) is 0 Å². The van der Waals surface area contributed by atoms with E-state index in [1.54, 1.807) is 13.8 Å². The van der Waals surface area contributed by atoms with Gasteiger partial charge in [0, 0.05) is 11.1 Å². The highest BCUT2D eigenvalue weighted by Gasteiger charge is 2.46. The minimum absolute atomic E-state index is 0.133. The van der Waals surface area contributed by atoms with Gasteiger partial charge in [-0.2, -0.15) is 0 Å². The summed E-state index contributed by atoms with van der Waals surface area (Å²) in [4.78, 5) is 0. The lowest BCUT2D eigenvalue weighted by molar-refractivity contribution is -0.0595. The predicted octanol–water partition coefficient (Wildman–Crippen LogP) is 3.73. The van der Waals surface area contributed by atoms with Crippen LogP contribution in [0.1, 0.15) is 60.8 Å². The largest absolute Gasteiger partial charge is 0.437 e. The summed E-state index contributed by atoms with van der Waals surface area (Å²) in [6, 6.07) is 0. The second-order valence-electron chi connectivity index (χ2n) is 6.18. The topological polar surface area (TPSA) is 52.9 Å². The maximum absolute atomic E-state index is 12.6. The van der Waals surface area contributed by atoms with E-state index in [0.717, 1.165) is 19.3 Å². The fourth-order valence-electron chi connectivity index (χ4n) is 2.75. The summed E-state index contributed by atoms with van der Waals surface area (Å²) >= 11 is 0. The van der Waals surface area contributed by atoms with Gasteiger partial charge in [0.2, 0.25) is 0 Å². The zero-order valence-electron chi connectivity index (χ0n) is 13.1. The summed E-state index contributed by atoms with van der Waals surface area (Å²) in [5, 5.41) is 6.34. The first-order valence-corrected chi connectivity index (χ1v) is 8.59. The minimum Gasteiger partial charge on any atom is -0.295 e. The Morgan fingerprint density at radius 2 is 1.47 bits per heavy atom. The summed E-state index contributed by atoms with van der Waals surface area (Å²) in [7, 11) is -3.40. The number of hydrogen-bond acceptors (Lipinski definition) is 4. The third-order valence-electron chi connectivity index (χ3n) is 3.51. The quantitative estimate of drug-likeness (QED) is 0.700. The molecular formula is C13H28N2O3P. The lowest BCUT2D eigenvalue weighted by Gasteiger charge is -2.51. The molecule has 1 rings (SSSR count). The van der Waals surface area contributed by atoms with Crippen LogP contribution in [0, 0.1) is 0 Å². The minimum atomic E-state index is -3.40. The first-order chi connectivity index (χ1) is 8.67. The third-order valence-corrected chi connectivity index (χ3v) is 5.07. The van der Waals surface area contributed by atoms with Crippen molar-refractivity contribution in [1.82, 2.24) is 10.2 Å². The van der Waals surface area contributed by atoms with Crippen LogP contribution in [0.25, 0.3) is 0 Å². The lowest BCUT2D eigenvalue weighted by Crippen LogP contribution is -2.60. The molecule has 1 aliphatic heterocycles. The Hall–Kier alpha value is 0.0700. The molecule has 0 amide bonds. The van der Waals surface area contributed by atoms with Gasteiger partial charge >= 0.3 is 7.75 Å². The fraction of sp³-hybridized carbons (Fsp3) is 1.00. The van der Waals surface area contributed by atoms with Crippen molar-refractivity contribution in [3.05, 3.63) is 0 Å². The van der Waals surface area contributed by atoms with Crippen LogP contribution in [0.5, 0.6) is 0 Å². The van der Waals surface area contributed by atoms with E-state index in [0.29, 0.717) is 13.2 Å². The smallest absolute Gasteiger partial charge is 0.295 e. The molecule has 0 aromatic rings. The fourth-order valence-corrected chi connectivity index (χ4v) is 4.29. The molecule has 1 heterocycles. The third kappa shape index (κ3) is 4.27. The average molecular weight is 291 g/mol. The predicted molar refractivity (Wildman–Crippen MR) is 76.8 cm³/mol. The molecule has 0 aromatic heterocycles. The van der Waals surface area contributed by atoms with Crippen LogP contribution in [-0.2, 0) is 13.6 Å². The van der Waals surface area contributed by atoms with Gasteiger partial charge in [0.1, 0.15) is 0 Å². The second kappa shape index (κ2) is 6.23. The Labute approximate surface area is 117 Å². The summed E-state index contributed by atoms with van der Waals surface area (Å²) in [6.07, 6.45) is 3.20. The van der Waals surface area contributed by atoms with Gasteiger partial charge in [-0.15, -0.1) is 0 Å². The maximum atomic E-state index is 12.6. The molecule has 6 heteroatoms. The lowest BCUT2D eigenvalue weighted by atomic mass is 9.82. The zero-order valence-corrected chi connectivity index (χ0v) is 14.0. The van der Waals surface area contributed by atoms with E-state index in [4.69, 9.17) is 9.05 Å². The molecule has 0 spiro atoms. The van der Waals surface area contributed by atoms with E-state index in [9.17, 15) is 4.57 Å². The SMILES string of the molecule is CCOP(=O)([N]N1C(C)(C)CCCC1(C)C)OCC. The van der Waals surface area contributed by atoms with E-state index in [-0.39, 0.29) is 11.1 Å². The van der Waals surface area contributed by atoms with Gasteiger partial charge in [-0.05, 0) is 66.0 Å². The molecule has 0 atom stereocenters. The van der Waals surface area contributed by atoms with Gasteiger partial charge in [-0.25, -0.2) is 9.57 Å². The molecule has 5 nitrogen and oxygen atoms in total. The first-order valence-electron chi connectivity index (χ1n) is 7.09. The highest BCUT2D eigenvalue weighted by molar-refractivity contribution is 7.51. The van der Waals surface area contributed by atoms with Gasteiger partial charge in [0.05, 0.1) is 13.2 Å². The molecule has 0 bridgehead atoms. The summed E-state index contributed by atoms with van der Waals surface area (Å²) in [6.45, 7) is 12.8. The summed E-state index contributed by atoms with van der Waals surface area (Å²) < 4.78 is 23.2. The van der Waals surface area contributed by atoms with Crippen LogP contribution in [0.15, 0.2) is 0 Å². The van der Waals surface area contributed by atoms with Gasteiger partial charge in [-0.1, -0.05) is 0 Å². The maximum Gasteiger partial charge on any atom is 0.437 e. The van der Waals surface area contributed by atoms with Crippen molar-refractivity contribution in [2.24, 2.45) is 0 Å². The van der Waals surface area contributed by atoms with Gasteiger partial charge < -0.3 is 0 Å². The van der Waals surface area contributed by atoms with E-state index < -0.39 is 7.75 Å². The average Bonchev–Trinajstić information content (AvgIpc) is 2.24. The number of piperidine rings is 1. The van der Waals surface area contributed by atoms with Crippen molar-refractivity contribution in [2.45, 2.75) is 71.9 Å². The van der Waals surface area contributed by atoms with Crippen molar-refractivity contribution in [2.75, 3.05) is 13.2 Å². The molecule has 113 valence electrons. The van der Waals surface area contributed by atoms with Crippen LogP contribution in [0.2, 0.25) is 0 Å². The number of nitrogens with zero attached hydrogens (tertiary/aromatic N) is 2. The van der Waals surface area contributed by atoms with Crippen LogP contribution in [0.4, 0.5) is 0 Å².